The number of benzene rings is 1. The van der Waals surface area contributed by atoms with E-state index in [1.807, 2.05) is 32.8 Å². The Labute approximate surface area is 120 Å². The van der Waals surface area contributed by atoms with Crippen LogP contribution < -0.4 is 0 Å². The SMILES string of the molecule is CC(C)CN(CCN(C)C)C(=O)c1ccc(O)cc1O. The van der Waals surface area contributed by atoms with Gasteiger partial charge in [-0.05, 0) is 32.1 Å². The average Bonchev–Trinajstić information content (AvgIpc) is 2.33. The Hall–Kier alpha value is -1.75. The van der Waals surface area contributed by atoms with E-state index in [0.717, 1.165) is 6.54 Å². The molecule has 0 aliphatic carbocycles. The van der Waals surface area contributed by atoms with Gasteiger partial charge in [-0.3, -0.25) is 4.79 Å². The fourth-order valence-corrected chi connectivity index (χ4v) is 1.91. The number of likely N-dealkylation sites (N-methyl/N-ethyl adjacent to an activating group) is 1. The molecule has 0 saturated heterocycles. The predicted molar refractivity (Wildman–Crippen MR) is 79.1 cm³/mol. The van der Waals surface area contributed by atoms with Gasteiger partial charge >= 0.3 is 0 Å². The zero-order valence-electron chi connectivity index (χ0n) is 12.6. The third-order valence-electron chi connectivity index (χ3n) is 2.90. The molecule has 0 radical (unpaired) electrons. The van der Waals surface area contributed by atoms with E-state index in [-0.39, 0.29) is 23.0 Å². The summed E-state index contributed by atoms with van der Waals surface area (Å²) in [6.07, 6.45) is 0. The van der Waals surface area contributed by atoms with Gasteiger partial charge in [-0.25, -0.2) is 0 Å². The maximum atomic E-state index is 12.5. The molecule has 0 atom stereocenters. The first-order chi connectivity index (χ1) is 9.31. The fourth-order valence-electron chi connectivity index (χ4n) is 1.91. The molecule has 112 valence electrons. The van der Waals surface area contributed by atoms with Crippen LogP contribution in [0.3, 0.4) is 0 Å². The van der Waals surface area contributed by atoms with Gasteiger partial charge in [0.2, 0.25) is 0 Å². The molecular weight excluding hydrogens is 256 g/mol. The molecule has 1 aromatic carbocycles. The Bertz CT molecular complexity index is 458. The van der Waals surface area contributed by atoms with E-state index in [0.29, 0.717) is 19.0 Å². The van der Waals surface area contributed by atoms with Crippen LogP contribution in [0.25, 0.3) is 0 Å². The molecule has 1 rings (SSSR count). The second-order valence-electron chi connectivity index (χ2n) is 5.65. The van der Waals surface area contributed by atoms with Crippen LogP contribution in [0.5, 0.6) is 11.5 Å². The van der Waals surface area contributed by atoms with Crippen LogP contribution in [0.15, 0.2) is 18.2 Å². The van der Waals surface area contributed by atoms with Crippen molar-refractivity contribution in [2.24, 2.45) is 5.92 Å². The molecule has 0 unspecified atom stereocenters. The Morgan fingerprint density at radius 3 is 2.35 bits per heavy atom. The minimum atomic E-state index is -0.210. The fraction of sp³-hybridized carbons (Fsp3) is 0.533. The van der Waals surface area contributed by atoms with Crippen molar-refractivity contribution in [1.82, 2.24) is 9.80 Å². The number of rotatable bonds is 6. The summed E-state index contributed by atoms with van der Waals surface area (Å²) in [4.78, 5) is 16.2. The van der Waals surface area contributed by atoms with Crippen LogP contribution in [-0.4, -0.2) is 59.6 Å². The molecule has 0 aliphatic rings. The predicted octanol–water partition coefficient (Wildman–Crippen LogP) is 1.76. The molecule has 0 aromatic heterocycles. The van der Waals surface area contributed by atoms with Crippen molar-refractivity contribution < 1.29 is 15.0 Å². The van der Waals surface area contributed by atoms with Crippen molar-refractivity contribution in [3.63, 3.8) is 0 Å². The van der Waals surface area contributed by atoms with Crippen molar-refractivity contribution in [3.8, 4) is 11.5 Å². The number of carbonyl (C=O) groups excluding carboxylic acids is 1. The largest absolute Gasteiger partial charge is 0.508 e. The second kappa shape index (κ2) is 7.14. The molecule has 1 aromatic rings. The third-order valence-corrected chi connectivity index (χ3v) is 2.90. The molecule has 5 heteroatoms. The lowest BCUT2D eigenvalue weighted by Gasteiger charge is -2.26. The molecule has 2 N–H and O–H groups in total. The van der Waals surface area contributed by atoms with Gasteiger partial charge in [0.25, 0.3) is 5.91 Å². The number of carbonyl (C=O) groups is 1. The Morgan fingerprint density at radius 1 is 1.20 bits per heavy atom. The highest BCUT2D eigenvalue weighted by Crippen LogP contribution is 2.24. The summed E-state index contributed by atoms with van der Waals surface area (Å²) >= 11 is 0. The Morgan fingerprint density at radius 2 is 1.85 bits per heavy atom. The number of nitrogens with zero attached hydrogens (tertiary/aromatic N) is 2. The van der Waals surface area contributed by atoms with Gasteiger partial charge in [-0.2, -0.15) is 0 Å². The molecule has 0 saturated carbocycles. The number of phenolic OH excluding ortho intramolecular Hbond substituents is 2. The highest BCUT2D eigenvalue weighted by molar-refractivity contribution is 5.97. The minimum absolute atomic E-state index is 0.0530. The van der Waals surface area contributed by atoms with Crippen molar-refractivity contribution >= 4 is 5.91 Å². The molecule has 0 bridgehead atoms. The highest BCUT2D eigenvalue weighted by atomic mass is 16.3. The van der Waals surface area contributed by atoms with E-state index in [9.17, 15) is 15.0 Å². The van der Waals surface area contributed by atoms with Crippen LogP contribution >= 0.6 is 0 Å². The molecule has 0 fully saturated rings. The van der Waals surface area contributed by atoms with E-state index >= 15 is 0 Å². The summed E-state index contributed by atoms with van der Waals surface area (Å²) in [7, 11) is 3.91. The van der Waals surface area contributed by atoms with Crippen molar-refractivity contribution in [2.75, 3.05) is 33.7 Å². The summed E-state index contributed by atoms with van der Waals surface area (Å²) < 4.78 is 0. The standard InChI is InChI=1S/C15H24N2O3/c1-11(2)10-17(8-7-16(3)4)15(20)13-6-5-12(18)9-14(13)19/h5-6,9,11,18-19H,7-8,10H2,1-4H3. The average molecular weight is 280 g/mol. The topological polar surface area (TPSA) is 64.0 Å². The second-order valence-corrected chi connectivity index (χ2v) is 5.65. The zero-order chi connectivity index (χ0) is 15.3. The van der Waals surface area contributed by atoms with Crippen LogP contribution in [0.1, 0.15) is 24.2 Å². The van der Waals surface area contributed by atoms with Crippen LogP contribution in [0, 0.1) is 5.92 Å². The van der Waals surface area contributed by atoms with Crippen molar-refractivity contribution in [1.29, 1.82) is 0 Å². The van der Waals surface area contributed by atoms with Crippen LogP contribution in [0.2, 0.25) is 0 Å². The van der Waals surface area contributed by atoms with Gasteiger partial charge in [0.1, 0.15) is 11.5 Å². The summed E-state index contributed by atoms with van der Waals surface area (Å²) in [5.41, 5.74) is 0.224. The van der Waals surface area contributed by atoms with Crippen LogP contribution in [0.4, 0.5) is 0 Å². The zero-order valence-corrected chi connectivity index (χ0v) is 12.6. The highest BCUT2D eigenvalue weighted by Gasteiger charge is 2.20. The molecule has 20 heavy (non-hydrogen) atoms. The van der Waals surface area contributed by atoms with E-state index in [1.54, 1.807) is 4.90 Å². The quantitative estimate of drug-likeness (QED) is 0.833. The van der Waals surface area contributed by atoms with E-state index in [2.05, 4.69) is 0 Å². The van der Waals surface area contributed by atoms with Gasteiger partial charge < -0.3 is 20.0 Å². The van der Waals surface area contributed by atoms with Gasteiger partial charge in [0.15, 0.2) is 0 Å². The number of hydrogen-bond acceptors (Lipinski definition) is 4. The Balaban J connectivity index is 2.90. The third kappa shape index (κ3) is 4.74. The first-order valence-corrected chi connectivity index (χ1v) is 6.77. The van der Waals surface area contributed by atoms with Gasteiger partial charge in [-0.1, -0.05) is 13.8 Å². The summed E-state index contributed by atoms with van der Waals surface area (Å²) in [5, 5.41) is 19.1. The molecule has 1 amide bonds. The molecule has 0 aliphatic heterocycles. The summed E-state index contributed by atoms with van der Waals surface area (Å²) in [6.45, 7) is 6.09. The van der Waals surface area contributed by atoms with Crippen molar-refractivity contribution in [3.05, 3.63) is 23.8 Å². The number of hydrogen-bond donors (Lipinski definition) is 2. The molecular formula is C15H24N2O3. The molecule has 0 heterocycles. The van der Waals surface area contributed by atoms with E-state index in [1.165, 1.54) is 18.2 Å². The lowest BCUT2D eigenvalue weighted by molar-refractivity contribution is 0.0721. The van der Waals surface area contributed by atoms with Gasteiger partial charge in [0, 0.05) is 25.7 Å². The maximum Gasteiger partial charge on any atom is 0.257 e. The Kier molecular flexibility index (Phi) is 5.82. The molecule has 5 nitrogen and oxygen atoms in total. The first-order valence-electron chi connectivity index (χ1n) is 6.77. The normalized spacial score (nSPS) is 11.1. The summed E-state index contributed by atoms with van der Waals surface area (Å²) in [5.74, 6) is -0.102. The van der Waals surface area contributed by atoms with E-state index in [4.69, 9.17) is 0 Å². The van der Waals surface area contributed by atoms with Crippen molar-refractivity contribution in [2.45, 2.75) is 13.8 Å². The van der Waals surface area contributed by atoms with Crippen LogP contribution in [-0.2, 0) is 0 Å². The molecule has 0 spiro atoms. The van der Waals surface area contributed by atoms with Gasteiger partial charge in [-0.15, -0.1) is 0 Å². The minimum Gasteiger partial charge on any atom is -0.508 e. The number of aromatic hydroxyl groups is 2. The van der Waals surface area contributed by atoms with Gasteiger partial charge in [0.05, 0.1) is 5.56 Å². The van der Waals surface area contributed by atoms with E-state index < -0.39 is 0 Å². The summed E-state index contributed by atoms with van der Waals surface area (Å²) in [6, 6.07) is 4.05. The monoisotopic (exact) mass is 280 g/mol. The number of phenols is 2. The lowest BCUT2D eigenvalue weighted by atomic mass is 10.1. The first kappa shape index (κ1) is 16.3. The lowest BCUT2D eigenvalue weighted by Crippen LogP contribution is -2.39. The maximum absolute atomic E-state index is 12.5. The number of amides is 1. The smallest absolute Gasteiger partial charge is 0.257 e.